The van der Waals surface area contributed by atoms with Gasteiger partial charge in [-0.2, -0.15) is 0 Å². The minimum atomic E-state index is -3.67. The standard InChI is InChI=1S/C29H29N3O4S/c1-20-17-29(27-19-24(7-12-28(27)30-20)32-13-15-36-16-14-32)31-23-5-10-26(11-6-23)37(34,35)25-8-3-22(4-9-25)18-21(2)33/h3-12,17,19H,13-16,18H2,1-2H3,(H,30,31). The Morgan fingerprint density at radius 1 is 0.946 bits per heavy atom. The van der Waals surface area contributed by atoms with Crippen molar-refractivity contribution in [3.63, 3.8) is 0 Å². The van der Waals surface area contributed by atoms with Gasteiger partial charge >= 0.3 is 0 Å². The average Bonchev–Trinajstić information content (AvgIpc) is 2.89. The quantitative estimate of drug-likeness (QED) is 0.367. The van der Waals surface area contributed by atoms with Gasteiger partial charge < -0.3 is 15.0 Å². The number of pyridine rings is 1. The zero-order chi connectivity index (χ0) is 26.0. The van der Waals surface area contributed by atoms with E-state index in [0.29, 0.717) is 13.2 Å². The maximum atomic E-state index is 13.1. The first-order valence-electron chi connectivity index (χ1n) is 12.2. The van der Waals surface area contributed by atoms with Crippen LogP contribution in [-0.2, 0) is 25.8 Å². The van der Waals surface area contributed by atoms with Crippen molar-refractivity contribution in [2.75, 3.05) is 36.5 Å². The van der Waals surface area contributed by atoms with Gasteiger partial charge in [0, 0.05) is 47.7 Å². The maximum absolute atomic E-state index is 13.1. The number of nitrogens with zero attached hydrogens (tertiary/aromatic N) is 2. The van der Waals surface area contributed by atoms with Crippen LogP contribution in [0.1, 0.15) is 18.2 Å². The SMILES string of the molecule is CC(=O)Cc1ccc(S(=O)(=O)c2ccc(Nc3cc(C)nc4ccc(N5CCOCC5)cc34)cc2)cc1. The molecule has 0 saturated carbocycles. The second kappa shape index (κ2) is 10.3. The lowest BCUT2D eigenvalue weighted by molar-refractivity contribution is -0.116. The summed E-state index contributed by atoms with van der Waals surface area (Å²) in [6.45, 7) is 6.60. The summed E-state index contributed by atoms with van der Waals surface area (Å²) in [5.41, 5.74) is 5.39. The number of rotatable bonds is 7. The molecule has 1 fully saturated rings. The number of carbonyl (C=O) groups is 1. The highest BCUT2D eigenvalue weighted by molar-refractivity contribution is 7.91. The number of benzene rings is 3. The van der Waals surface area contributed by atoms with Gasteiger partial charge in [0.25, 0.3) is 0 Å². The van der Waals surface area contributed by atoms with E-state index in [0.717, 1.165) is 52.3 Å². The summed E-state index contributed by atoms with van der Waals surface area (Å²) < 4.78 is 31.8. The van der Waals surface area contributed by atoms with E-state index < -0.39 is 9.84 Å². The van der Waals surface area contributed by atoms with Gasteiger partial charge in [0.05, 0.1) is 28.5 Å². The largest absolute Gasteiger partial charge is 0.378 e. The molecule has 5 rings (SSSR count). The van der Waals surface area contributed by atoms with Gasteiger partial charge in [-0.15, -0.1) is 0 Å². The van der Waals surface area contributed by atoms with E-state index in [1.165, 1.54) is 6.92 Å². The van der Waals surface area contributed by atoms with Crippen molar-refractivity contribution in [1.29, 1.82) is 0 Å². The Morgan fingerprint density at radius 2 is 1.59 bits per heavy atom. The molecule has 1 saturated heterocycles. The molecule has 190 valence electrons. The molecular formula is C29H29N3O4S. The molecule has 0 bridgehead atoms. The van der Waals surface area contributed by atoms with Crippen LogP contribution in [0.25, 0.3) is 10.9 Å². The first-order valence-corrected chi connectivity index (χ1v) is 13.7. The molecule has 1 aromatic heterocycles. The van der Waals surface area contributed by atoms with Crippen molar-refractivity contribution in [3.05, 3.63) is 84.1 Å². The van der Waals surface area contributed by atoms with Crippen LogP contribution in [0.15, 0.2) is 82.6 Å². The number of anilines is 3. The first-order chi connectivity index (χ1) is 17.8. The maximum Gasteiger partial charge on any atom is 0.206 e. The minimum absolute atomic E-state index is 0.0354. The van der Waals surface area contributed by atoms with Crippen LogP contribution in [0.3, 0.4) is 0 Å². The number of aryl methyl sites for hydroxylation is 1. The molecule has 0 amide bonds. The number of carbonyl (C=O) groups excluding carboxylic acids is 1. The molecule has 1 N–H and O–H groups in total. The highest BCUT2D eigenvalue weighted by Crippen LogP contribution is 2.31. The molecule has 0 atom stereocenters. The lowest BCUT2D eigenvalue weighted by Crippen LogP contribution is -2.36. The third-order valence-electron chi connectivity index (χ3n) is 6.43. The zero-order valence-corrected chi connectivity index (χ0v) is 21.7. The fourth-order valence-corrected chi connectivity index (χ4v) is 5.81. The Bertz CT molecular complexity index is 1540. The Hall–Kier alpha value is -3.75. The number of fused-ring (bicyclic) bond motifs is 1. The van der Waals surface area contributed by atoms with Crippen molar-refractivity contribution in [1.82, 2.24) is 4.98 Å². The molecule has 37 heavy (non-hydrogen) atoms. The fraction of sp³-hybridized carbons (Fsp3) is 0.241. The molecule has 4 aromatic rings. The van der Waals surface area contributed by atoms with Crippen LogP contribution < -0.4 is 10.2 Å². The number of hydrogen-bond donors (Lipinski definition) is 1. The van der Waals surface area contributed by atoms with E-state index in [4.69, 9.17) is 4.74 Å². The van der Waals surface area contributed by atoms with Crippen molar-refractivity contribution in [2.45, 2.75) is 30.1 Å². The minimum Gasteiger partial charge on any atom is -0.378 e. The van der Waals surface area contributed by atoms with E-state index in [9.17, 15) is 13.2 Å². The number of nitrogens with one attached hydrogen (secondary N) is 1. The van der Waals surface area contributed by atoms with Gasteiger partial charge in [0.15, 0.2) is 0 Å². The molecule has 8 heteroatoms. The highest BCUT2D eigenvalue weighted by Gasteiger charge is 2.18. The molecule has 3 aromatic carbocycles. The summed E-state index contributed by atoms with van der Waals surface area (Å²) >= 11 is 0. The normalized spacial score (nSPS) is 14.1. The second-order valence-corrected chi connectivity index (χ2v) is 11.2. The van der Waals surface area contributed by atoms with E-state index in [2.05, 4.69) is 27.3 Å². The van der Waals surface area contributed by atoms with Crippen molar-refractivity contribution in [3.8, 4) is 0 Å². The summed E-state index contributed by atoms with van der Waals surface area (Å²) in [7, 11) is -3.67. The average molecular weight is 516 g/mol. The van der Waals surface area contributed by atoms with Crippen LogP contribution in [-0.4, -0.2) is 45.5 Å². The Balaban J connectivity index is 1.40. The van der Waals surface area contributed by atoms with E-state index in [-0.39, 0.29) is 22.0 Å². The number of Topliss-reactive ketones (excluding diaryl/α,β-unsaturated/α-hetero) is 1. The summed E-state index contributed by atoms with van der Waals surface area (Å²) in [5, 5.41) is 4.45. The molecule has 2 heterocycles. The summed E-state index contributed by atoms with van der Waals surface area (Å²) in [6, 6.07) is 21.5. The van der Waals surface area contributed by atoms with Crippen LogP contribution in [0.2, 0.25) is 0 Å². The van der Waals surface area contributed by atoms with Gasteiger partial charge in [0.2, 0.25) is 9.84 Å². The third-order valence-corrected chi connectivity index (χ3v) is 8.21. The fourth-order valence-electron chi connectivity index (χ4n) is 4.55. The summed E-state index contributed by atoms with van der Waals surface area (Å²) in [5.74, 6) is 0.0354. The van der Waals surface area contributed by atoms with Crippen LogP contribution in [0.5, 0.6) is 0 Å². The van der Waals surface area contributed by atoms with Crippen LogP contribution >= 0.6 is 0 Å². The third kappa shape index (κ3) is 5.50. The zero-order valence-electron chi connectivity index (χ0n) is 20.9. The van der Waals surface area contributed by atoms with Gasteiger partial charge in [-0.05, 0) is 80.1 Å². The molecule has 0 aliphatic carbocycles. The molecule has 1 aliphatic rings. The molecule has 7 nitrogen and oxygen atoms in total. The van der Waals surface area contributed by atoms with Gasteiger partial charge in [-0.1, -0.05) is 12.1 Å². The number of hydrogen-bond acceptors (Lipinski definition) is 7. The lowest BCUT2D eigenvalue weighted by atomic mass is 10.1. The molecule has 0 unspecified atom stereocenters. The van der Waals surface area contributed by atoms with Crippen molar-refractivity contribution in [2.24, 2.45) is 0 Å². The second-order valence-electron chi connectivity index (χ2n) is 9.29. The molecule has 0 spiro atoms. The van der Waals surface area contributed by atoms with E-state index >= 15 is 0 Å². The molecule has 0 radical (unpaired) electrons. The van der Waals surface area contributed by atoms with Gasteiger partial charge in [-0.3, -0.25) is 9.78 Å². The van der Waals surface area contributed by atoms with E-state index in [1.54, 1.807) is 48.5 Å². The lowest BCUT2D eigenvalue weighted by Gasteiger charge is -2.29. The predicted octanol–water partition coefficient (Wildman–Crippen LogP) is 5.09. The summed E-state index contributed by atoms with van der Waals surface area (Å²) in [6.07, 6.45) is 0.289. The van der Waals surface area contributed by atoms with Gasteiger partial charge in [0.1, 0.15) is 5.78 Å². The summed E-state index contributed by atoms with van der Waals surface area (Å²) in [4.78, 5) is 18.7. The number of aromatic nitrogens is 1. The highest BCUT2D eigenvalue weighted by atomic mass is 32.2. The number of morpholine rings is 1. The smallest absolute Gasteiger partial charge is 0.206 e. The van der Waals surface area contributed by atoms with Gasteiger partial charge in [-0.25, -0.2) is 8.42 Å². The topological polar surface area (TPSA) is 88.6 Å². The first kappa shape index (κ1) is 24.9. The number of ketones is 1. The van der Waals surface area contributed by atoms with Crippen molar-refractivity contribution >= 4 is 43.6 Å². The number of ether oxygens (including phenoxy) is 1. The Labute approximate surface area is 217 Å². The Kier molecular flexibility index (Phi) is 6.95. The predicted molar refractivity (Wildman–Crippen MR) is 146 cm³/mol. The molecular weight excluding hydrogens is 486 g/mol. The van der Waals surface area contributed by atoms with Crippen LogP contribution in [0, 0.1) is 6.92 Å². The molecule has 1 aliphatic heterocycles. The number of sulfone groups is 1. The monoisotopic (exact) mass is 515 g/mol. The van der Waals surface area contributed by atoms with Crippen molar-refractivity contribution < 1.29 is 17.9 Å². The van der Waals surface area contributed by atoms with Crippen LogP contribution in [0.4, 0.5) is 17.1 Å². The van der Waals surface area contributed by atoms with E-state index in [1.807, 2.05) is 19.1 Å². The Morgan fingerprint density at radius 3 is 2.24 bits per heavy atom.